The van der Waals surface area contributed by atoms with Gasteiger partial charge in [0.15, 0.2) is 0 Å². The van der Waals surface area contributed by atoms with E-state index in [9.17, 15) is 5.11 Å². The number of likely N-dealkylation sites (N-methyl/N-ethyl adjacent to an activating group) is 1. The van der Waals surface area contributed by atoms with Crippen LogP contribution >= 0.6 is 27.3 Å². The van der Waals surface area contributed by atoms with E-state index >= 15 is 0 Å². The molecule has 0 aliphatic heterocycles. The Morgan fingerprint density at radius 3 is 2.63 bits per heavy atom. The van der Waals surface area contributed by atoms with E-state index in [0.717, 1.165) is 21.6 Å². The van der Waals surface area contributed by atoms with Gasteiger partial charge in [-0.25, -0.2) is 4.98 Å². The number of halogens is 1. The molecule has 0 aliphatic rings. The fraction of sp³-hybridized carbons (Fsp3) is 0.357. The largest absolute Gasteiger partial charge is 0.387 e. The second kappa shape index (κ2) is 6.61. The lowest BCUT2D eigenvalue weighted by molar-refractivity contribution is 0.124. The van der Waals surface area contributed by atoms with Gasteiger partial charge in [0.2, 0.25) is 0 Å². The second-order valence-electron chi connectivity index (χ2n) is 4.61. The van der Waals surface area contributed by atoms with Crippen LogP contribution < -0.4 is 0 Å². The highest BCUT2D eigenvalue weighted by atomic mass is 79.9. The third kappa shape index (κ3) is 4.38. The Labute approximate surface area is 126 Å². The summed E-state index contributed by atoms with van der Waals surface area (Å²) in [6, 6.07) is 7.79. The van der Waals surface area contributed by atoms with Gasteiger partial charge in [-0.05, 0) is 31.7 Å². The predicted octanol–water partition coefficient (Wildman–Crippen LogP) is 3.38. The molecule has 0 saturated carbocycles. The highest BCUT2D eigenvalue weighted by molar-refractivity contribution is 9.10. The zero-order valence-corrected chi connectivity index (χ0v) is 13.4. The quantitative estimate of drug-likeness (QED) is 0.906. The molecule has 0 saturated heterocycles. The van der Waals surface area contributed by atoms with Crippen LogP contribution in [0.15, 0.2) is 34.9 Å². The van der Waals surface area contributed by atoms with Gasteiger partial charge in [0.25, 0.3) is 0 Å². The van der Waals surface area contributed by atoms with Crippen molar-refractivity contribution in [3.05, 3.63) is 50.4 Å². The van der Waals surface area contributed by atoms with Gasteiger partial charge >= 0.3 is 0 Å². The summed E-state index contributed by atoms with van der Waals surface area (Å²) in [5.74, 6) is 0. The first-order valence-electron chi connectivity index (χ1n) is 6.08. The Balaban J connectivity index is 1.91. The summed E-state index contributed by atoms with van der Waals surface area (Å²) in [6.07, 6.45) is 1.44. The Morgan fingerprint density at radius 1 is 1.37 bits per heavy atom. The molecule has 0 radical (unpaired) electrons. The van der Waals surface area contributed by atoms with E-state index in [1.165, 1.54) is 4.88 Å². The highest BCUT2D eigenvalue weighted by Crippen LogP contribution is 2.19. The molecular formula is C14H17BrN2OS. The molecule has 102 valence electrons. The number of nitrogens with zero attached hydrogens (tertiary/aromatic N) is 2. The minimum Gasteiger partial charge on any atom is -0.387 e. The number of aryl methyl sites for hydroxylation is 1. The Bertz CT molecular complexity index is 526. The molecule has 0 unspecified atom stereocenters. The molecule has 0 bridgehead atoms. The van der Waals surface area contributed by atoms with Crippen LogP contribution in [0.25, 0.3) is 0 Å². The van der Waals surface area contributed by atoms with Gasteiger partial charge < -0.3 is 5.11 Å². The van der Waals surface area contributed by atoms with E-state index in [4.69, 9.17) is 0 Å². The summed E-state index contributed by atoms with van der Waals surface area (Å²) in [4.78, 5) is 7.58. The normalized spacial score (nSPS) is 12.9. The molecule has 5 heteroatoms. The monoisotopic (exact) mass is 340 g/mol. The molecule has 1 atom stereocenters. The lowest BCUT2D eigenvalue weighted by atomic mass is 10.1. The lowest BCUT2D eigenvalue weighted by Crippen LogP contribution is -2.23. The number of benzene rings is 1. The van der Waals surface area contributed by atoms with E-state index in [1.807, 2.05) is 44.4 Å². The lowest BCUT2D eigenvalue weighted by Gasteiger charge is -2.20. The van der Waals surface area contributed by atoms with Crippen molar-refractivity contribution >= 4 is 27.3 Å². The minimum atomic E-state index is -0.466. The van der Waals surface area contributed by atoms with Gasteiger partial charge in [-0.15, -0.1) is 11.3 Å². The van der Waals surface area contributed by atoms with Crippen molar-refractivity contribution in [1.29, 1.82) is 0 Å². The van der Waals surface area contributed by atoms with Crippen molar-refractivity contribution in [2.45, 2.75) is 19.6 Å². The van der Waals surface area contributed by atoms with Crippen molar-refractivity contribution < 1.29 is 5.11 Å². The number of rotatable bonds is 5. The van der Waals surface area contributed by atoms with E-state index in [1.54, 1.807) is 11.3 Å². The Kier molecular flexibility index (Phi) is 5.10. The van der Waals surface area contributed by atoms with E-state index in [-0.39, 0.29) is 0 Å². The maximum Gasteiger partial charge on any atom is 0.0916 e. The smallest absolute Gasteiger partial charge is 0.0916 e. The van der Waals surface area contributed by atoms with Crippen LogP contribution in [0.3, 0.4) is 0 Å². The molecule has 1 N–H and O–H groups in total. The van der Waals surface area contributed by atoms with Crippen molar-refractivity contribution in [3.8, 4) is 0 Å². The third-order valence-electron chi connectivity index (χ3n) is 2.83. The molecular weight excluding hydrogens is 324 g/mol. The first-order valence-corrected chi connectivity index (χ1v) is 7.69. The average molecular weight is 341 g/mol. The van der Waals surface area contributed by atoms with E-state index in [0.29, 0.717) is 6.54 Å². The van der Waals surface area contributed by atoms with Gasteiger partial charge in [0.1, 0.15) is 0 Å². The van der Waals surface area contributed by atoms with Crippen LogP contribution in [-0.2, 0) is 6.54 Å². The SMILES string of the molecule is Cc1ncc(CN(C)C[C@@H](O)c2ccc(Br)cc2)s1. The first kappa shape index (κ1) is 14.7. The van der Waals surface area contributed by atoms with Gasteiger partial charge in [-0.2, -0.15) is 0 Å². The number of hydrogen-bond acceptors (Lipinski definition) is 4. The molecule has 2 rings (SSSR count). The summed E-state index contributed by atoms with van der Waals surface area (Å²) in [7, 11) is 2.01. The van der Waals surface area contributed by atoms with Crippen molar-refractivity contribution in [3.63, 3.8) is 0 Å². The summed E-state index contributed by atoms with van der Waals surface area (Å²) in [5.41, 5.74) is 0.940. The first-order chi connectivity index (χ1) is 9.04. The molecule has 0 aliphatic carbocycles. The maximum atomic E-state index is 10.2. The van der Waals surface area contributed by atoms with Crippen molar-refractivity contribution in [2.24, 2.45) is 0 Å². The third-order valence-corrected chi connectivity index (χ3v) is 4.26. The van der Waals surface area contributed by atoms with Crippen LogP contribution in [0.1, 0.15) is 21.6 Å². The summed E-state index contributed by atoms with van der Waals surface area (Å²) >= 11 is 5.09. The average Bonchev–Trinajstić information content (AvgIpc) is 2.75. The number of aliphatic hydroxyl groups excluding tert-OH is 1. The molecule has 1 aromatic heterocycles. The molecule has 1 heterocycles. The van der Waals surface area contributed by atoms with Crippen LogP contribution in [0.5, 0.6) is 0 Å². The Morgan fingerprint density at radius 2 is 2.05 bits per heavy atom. The van der Waals surface area contributed by atoms with Crippen LogP contribution in [0.2, 0.25) is 0 Å². The zero-order valence-electron chi connectivity index (χ0n) is 11.0. The number of thiazole rings is 1. The van der Waals surface area contributed by atoms with Gasteiger partial charge in [-0.3, -0.25) is 4.90 Å². The highest BCUT2D eigenvalue weighted by Gasteiger charge is 2.11. The number of aliphatic hydroxyl groups is 1. The van der Waals surface area contributed by atoms with Crippen molar-refractivity contribution in [1.82, 2.24) is 9.88 Å². The van der Waals surface area contributed by atoms with E-state index in [2.05, 4.69) is 25.8 Å². The molecule has 0 fully saturated rings. The molecule has 2 aromatic rings. The number of hydrogen-bond donors (Lipinski definition) is 1. The van der Waals surface area contributed by atoms with Crippen LogP contribution in [0.4, 0.5) is 0 Å². The van der Waals surface area contributed by atoms with Gasteiger partial charge in [0, 0.05) is 28.6 Å². The van der Waals surface area contributed by atoms with Gasteiger partial charge in [-0.1, -0.05) is 28.1 Å². The molecule has 0 amide bonds. The molecule has 19 heavy (non-hydrogen) atoms. The minimum absolute atomic E-state index is 0.466. The van der Waals surface area contributed by atoms with Crippen molar-refractivity contribution in [2.75, 3.05) is 13.6 Å². The summed E-state index contributed by atoms with van der Waals surface area (Å²) in [5, 5.41) is 11.3. The number of aromatic nitrogens is 1. The zero-order chi connectivity index (χ0) is 13.8. The maximum absolute atomic E-state index is 10.2. The molecule has 3 nitrogen and oxygen atoms in total. The second-order valence-corrected chi connectivity index (χ2v) is 6.84. The van der Waals surface area contributed by atoms with E-state index < -0.39 is 6.10 Å². The standard InChI is InChI=1S/C14H17BrN2OS/c1-10-16-7-13(19-10)8-17(2)9-14(18)11-3-5-12(15)6-4-11/h3-7,14,18H,8-9H2,1-2H3/t14-/m1/s1. The molecule has 1 aromatic carbocycles. The Hall–Kier alpha value is -0.750. The van der Waals surface area contributed by atoms with Crippen LogP contribution in [-0.4, -0.2) is 28.6 Å². The summed E-state index contributed by atoms with van der Waals surface area (Å²) in [6.45, 7) is 3.43. The molecule has 0 spiro atoms. The van der Waals surface area contributed by atoms with Gasteiger partial charge in [0.05, 0.1) is 11.1 Å². The fourth-order valence-electron chi connectivity index (χ4n) is 1.89. The van der Waals surface area contributed by atoms with Crippen LogP contribution in [0, 0.1) is 6.92 Å². The topological polar surface area (TPSA) is 36.4 Å². The fourth-order valence-corrected chi connectivity index (χ4v) is 3.03. The predicted molar refractivity (Wildman–Crippen MR) is 82.3 cm³/mol. The summed E-state index contributed by atoms with van der Waals surface area (Å²) < 4.78 is 1.02.